The Morgan fingerprint density at radius 3 is 2.88 bits per heavy atom. The number of thiophene rings is 1. The van der Waals surface area contributed by atoms with Crippen LogP contribution >= 0.6 is 11.3 Å². The minimum absolute atomic E-state index is 0.142. The van der Waals surface area contributed by atoms with Crippen molar-refractivity contribution in [3.8, 4) is 0 Å². The number of nitrogens with zero attached hydrogens (tertiary/aromatic N) is 1. The van der Waals surface area contributed by atoms with Gasteiger partial charge < -0.3 is 10.3 Å². The highest BCUT2D eigenvalue weighted by molar-refractivity contribution is 7.10. The Morgan fingerprint density at radius 1 is 1.47 bits per heavy atom. The van der Waals surface area contributed by atoms with Gasteiger partial charge in [0, 0.05) is 10.9 Å². The zero-order valence-corrected chi connectivity index (χ0v) is 10.6. The van der Waals surface area contributed by atoms with Gasteiger partial charge in [0.1, 0.15) is 5.82 Å². The molecule has 0 aliphatic rings. The number of hydrogen-bond acceptors (Lipinski definition) is 4. The van der Waals surface area contributed by atoms with Gasteiger partial charge in [-0.3, -0.25) is 4.79 Å². The van der Waals surface area contributed by atoms with Crippen LogP contribution < -0.4 is 10.9 Å². The van der Waals surface area contributed by atoms with Crippen molar-refractivity contribution in [2.24, 2.45) is 5.92 Å². The first-order chi connectivity index (χ1) is 8.16. The molecule has 17 heavy (non-hydrogen) atoms. The Morgan fingerprint density at radius 2 is 2.29 bits per heavy atom. The lowest BCUT2D eigenvalue weighted by Gasteiger charge is -2.21. The molecule has 0 saturated carbocycles. The van der Waals surface area contributed by atoms with E-state index in [2.05, 4.69) is 40.6 Å². The molecule has 0 spiro atoms. The second-order valence-electron chi connectivity index (χ2n) is 4.18. The maximum Gasteiger partial charge on any atom is 0.252 e. The Balaban J connectivity index is 2.22. The van der Waals surface area contributed by atoms with Gasteiger partial charge in [0.25, 0.3) is 5.56 Å². The van der Waals surface area contributed by atoms with E-state index in [1.165, 1.54) is 17.3 Å². The van der Waals surface area contributed by atoms with Crippen molar-refractivity contribution >= 4 is 17.2 Å². The lowest BCUT2D eigenvalue weighted by Crippen LogP contribution is -2.18. The molecule has 0 aliphatic carbocycles. The van der Waals surface area contributed by atoms with Crippen molar-refractivity contribution in [1.82, 2.24) is 9.97 Å². The van der Waals surface area contributed by atoms with E-state index in [1.807, 2.05) is 6.07 Å². The van der Waals surface area contributed by atoms with E-state index >= 15 is 0 Å². The predicted molar refractivity (Wildman–Crippen MR) is 70.4 cm³/mol. The molecule has 2 aromatic rings. The third-order valence-electron chi connectivity index (χ3n) is 2.50. The summed E-state index contributed by atoms with van der Waals surface area (Å²) in [6.45, 7) is 4.29. The molecule has 0 aromatic carbocycles. The molecule has 0 aliphatic heterocycles. The second kappa shape index (κ2) is 5.14. The molecule has 2 aromatic heterocycles. The van der Waals surface area contributed by atoms with Crippen molar-refractivity contribution in [1.29, 1.82) is 0 Å². The first-order valence-electron chi connectivity index (χ1n) is 5.51. The summed E-state index contributed by atoms with van der Waals surface area (Å²) in [6.07, 6.45) is 1.41. The highest BCUT2D eigenvalue weighted by atomic mass is 32.1. The van der Waals surface area contributed by atoms with Crippen LogP contribution in [0.5, 0.6) is 0 Å². The fourth-order valence-electron chi connectivity index (χ4n) is 1.64. The van der Waals surface area contributed by atoms with Crippen LogP contribution in [0.4, 0.5) is 5.82 Å². The van der Waals surface area contributed by atoms with Crippen LogP contribution in [0.1, 0.15) is 24.8 Å². The van der Waals surface area contributed by atoms with Crippen LogP contribution in [0, 0.1) is 5.92 Å². The van der Waals surface area contributed by atoms with E-state index in [4.69, 9.17) is 0 Å². The molecule has 1 atom stereocenters. The highest BCUT2D eigenvalue weighted by Gasteiger charge is 2.16. The molecule has 0 radical (unpaired) electrons. The van der Waals surface area contributed by atoms with Gasteiger partial charge in [0.2, 0.25) is 0 Å². The summed E-state index contributed by atoms with van der Waals surface area (Å²) < 4.78 is 0. The number of rotatable bonds is 4. The standard InChI is InChI=1S/C12H15N3OS/c1-8(2)12(9-4-3-5-17-9)15-10-6-11(16)14-7-13-10/h3-8,12H,1-2H3,(H2,13,14,15,16). The fraction of sp³-hybridized carbons (Fsp3) is 0.333. The van der Waals surface area contributed by atoms with Gasteiger partial charge >= 0.3 is 0 Å². The molecule has 2 heterocycles. The van der Waals surface area contributed by atoms with E-state index < -0.39 is 0 Å². The lowest BCUT2D eigenvalue weighted by atomic mass is 10.0. The SMILES string of the molecule is CC(C)C(Nc1cc(=O)[nH]cn1)c1cccs1. The Bertz CT molecular complexity index is 519. The van der Waals surface area contributed by atoms with Crippen molar-refractivity contribution in [3.05, 3.63) is 45.1 Å². The van der Waals surface area contributed by atoms with Crippen LogP contribution in [0.2, 0.25) is 0 Å². The van der Waals surface area contributed by atoms with Crippen LogP contribution in [0.25, 0.3) is 0 Å². The highest BCUT2D eigenvalue weighted by Crippen LogP contribution is 2.28. The van der Waals surface area contributed by atoms with Crippen LogP contribution in [0.15, 0.2) is 34.7 Å². The third-order valence-corrected chi connectivity index (χ3v) is 3.45. The molecule has 5 heteroatoms. The summed E-state index contributed by atoms with van der Waals surface area (Å²) in [4.78, 5) is 19.1. The van der Waals surface area contributed by atoms with Crippen LogP contribution in [-0.4, -0.2) is 9.97 Å². The van der Waals surface area contributed by atoms with E-state index in [9.17, 15) is 4.79 Å². The number of anilines is 1. The molecule has 2 N–H and O–H groups in total. The van der Waals surface area contributed by atoms with Crippen molar-refractivity contribution < 1.29 is 0 Å². The summed E-state index contributed by atoms with van der Waals surface area (Å²) in [6, 6.07) is 5.78. The minimum atomic E-state index is -0.142. The summed E-state index contributed by atoms with van der Waals surface area (Å²) in [7, 11) is 0. The number of aromatic nitrogens is 2. The molecule has 0 fully saturated rings. The Labute approximate surface area is 104 Å². The molecule has 4 nitrogen and oxygen atoms in total. The first kappa shape index (κ1) is 11.9. The second-order valence-corrected chi connectivity index (χ2v) is 5.16. The Hall–Kier alpha value is -1.62. The van der Waals surface area contributed by atoms with Gasteiger partial charge in [0.15, 0.2) is 0 Å². The quantitative estimate of drug-likeness (QED) is 0.875. The van der Waals surface area contributed by atoms with Gasteiger partial charge in [-0.25, -0.2) is 4.98 Å². The maximum absolute atomic E-state index is 11.2. The molecule has 0 amide bonds. The van der Waals surface area contributed by atoms with Crippen LogP contribution in [0.3, 0.4) is 0 Å². The normalized spacial score (nSPS) is 12.6. The summed E-state index contributed by atoms with van der Waals surface area (Å²) >= 11 is 1.71. The van der Waals surface area contributed by atoms with Gasteiger partial charge in [-0.1, -0.05) is 19.9 Å². The Kier molecular flexibility index (Phi) is 3.58. The van der Waals surface area contributed by atoms with Gasteiger partial charge in [-0.05, 0) is 17.4 Å². The molecule has 90 valence electrons. The summed E-state index contributed by atoms with van der Waals surface area (Å²) in [5, 5.41) is 5.35. The number of aromatic amines is 1. The number of H-pyrrole nitrogens is 1. The monoisotopic (exact) mass is 249 g/mol. The first-order valence-corrected chi connectivity index (χ1v) is 6.39. The summed E-state index contributed by atoms with van der Waals surface area (Å²) in [5.41, 5.74) is -0.142. The van der Waals surface area contributed by atoms with Gasteiger partial charge in [-0.15, -0.1) is 11.3 Å². The zero-order valence-electron chi connectivity index (χ0n) is 9.81. The van der Waals surface area contributed by atoms with E-state index in [1.54, 1.807) is 11.3 Å². The smallest absolute Gasteiger partial charge is 0.252 e. The topological polar surface area (TPSA) is 57.8 Å². The van der Waals surface area contributed by atoms with E-state index in [0.717, 1.165) is 0 Å². The van der Waals surface area contributed by atoms with Crippen LogP contribution in [-0.2, 0) is 0 Å². The molecule has 0 bridgehead atoms. The third kappa shape index (κ3) is 2.94. The average molecular weight is 249 g/mol. The summed E-state index contributed by atoms with van der Waals surface area (Å²) in [5.74, 6) is 1.04. The average Bonchev–Trinajstić information content (AvgIpc) is 2.78. The van der Waals surface area contributed by atoms with Crippen molar-refractivity contribution in [2.75, 3.05) is 5.32 Å². The maximum atomic E-state index is 11.2. The zero-order chi connectivity index (χ0) is 12.3. The van der Waals surface area contributed by atoms with E-state index in [-0.39, 0.29) is 11.6 Å². The lowest BCUT2D eigenvalue weighted by molar-refractivity contribution is 0.552. The number of nitrogens with one attached hydrogen (secondary N) is 2. The number of hydrogen-bond donors (Lipinski definition) is 2. The largest absolute Gasteiger partial charge is 0.362 e. The fourth-order valence-corrected chi connectivity index (χ4v) is 2.59. The minimum Gasteiger partial charge on any atom is -0.362 e. The molecule has 1 unspecified atom stereocenters. The van der Waals surface area contributed by atoms with Gasteiger partial charge in [0.05, 0.1) is 12.4 Å². The predicted octanol–water partition coefficient (Wildman–Crippen LogP) is 2.64. The molecule has 2 rings (SSSR count). The van der Waals surface area contributed by atoms with Crippen molar-refractivity contribution in [3.63, 3.8) is 0 Å². The molecular formula is C12H15N3OS. The van der Waals surface area contributed by atoms with E-state index in [0.29, 0.717) is 11.7 Å². The van der Waals surface area contributed by atoms with Gasteiger partial charge in [-0.2, -0.15) is 0 Å². The van der Waals surface area contributed by atoms with Crippen molar-refractivity contribution in [2.45, 2.75) is 19.9 Å². The molecule has 0 saturated heterocycles. The molecular weight excluding hydrogens is 234 g/mol.